The van der Waals surface area contributed by atoms with Crippen LogP contribution in [0.25, 0.3) is 0 Å². The first kappa shape index (κ1) is 10.4. The molecule has 2 atom stereocenters. The van der Waals surface area contributed by atoms with E-state index in [-0.39, 0.29) is 5.54 Å². The van der Waals surface area contributed by atoms with E-state index in [9.17, 15) is 0 Å². The van der Waals surface area contributed by atoms with Crippen molar-refractivity contribution >= 4 is 11.8 Å². The lowest BCUT2D eigenvalue weighted by Gasteiger charge is -2.28. The van der Waals surface area contributed by atoms with Crippen molar-refractivity contribution in [2.75, 3.05) is 18.8 Å². The molecule has 3 N–H and O–H groups in total. The fourth-order valence-electron chi connectivity index (χ4n) is 1.70. The third-order valence-corrected chi connectivity index (χ3v) is 3.92. The Bertz CT molecular complexity index is 140. The lowest BCUT2D eigenvalue weighted by molar-refractivity contribution is 0.362. The SMILES string of the molecule is CCCNC1(CN)CSC(C)C1. The van der Waals surface area contributed by atoms with Crippen molar-refractivity contribution in [1.29, 1.82) is 0 Å². The predicted molar refractivity (Wildman–Crippen MR) is 56.6 cm³/mol. The quantitative estimate of drug-likeness (QED) is 0.696. The standard InChI is InChI=1S/C9H20N2S/c1-3-4-11-9(6-10)5-8(2)12-7-9/h8,11H,3-7,10H2,1-2H3. The zero-order chi connectivity index (χ0) is 9.03. The van der Waals surface area contributed by atoms with Gasteiger partial charge in [-0.25, -0.2) is 0 Å². The smallest absolute Gasteiger partial charge is 0.0405 e. The van der Waals surface area contributed by atoms with Crippen LogP contribution >= 0.6 is 11.8 Å². The minimum Gasteiger partial charge on any atom is -0.329 e. The average molecular weight is 188 g/mol. The molecule has 0 amide bonds. The van der Waals surface area contributed by atoms with Gasteiger partial charge in [0, 0.05) is 23.1 Å². The Hall–Kier alpha value is 0.270. The highest BCUT2D eigenvalue weighted by atomic mass is 32.2. The van der Waals surface area contributed by atoms with Crippen LogP contribution in [0.3, 0.4) is 0 Å². The molecule has 0 aliphatic carbocycles. The molecule has 1 heterocycles. The molecule has 0 bridgehead atoms. The van der Waals surface area contributed by atoms with Crippen LogP contribution in [0.15, 0.2) is 0 Å². The Kier molecular flexibility index (Phi) is 3.87. The van der Waals surface area contributed by atoms with Gasteiger partial charge >= 0.3 is 0 Å². The summed E-state index contributed by atoms with van der Waals surface area (Å²) in [6, 6.07) is 0. The number of rotatable bonds is 4. The van der Waals surface area contributed by atoms with Crippen molar-refractivity contribution in [2.45, 2.75) is 37.5 Å². The van der Waals surface area contributed by atoms with Gasteiger partial charge in [0.05, 0.1) is 0 Å². The summed E-state index contributed by atoms with van der Waals surface area (Å²) >= 11 is 2.04. The van der Waals surface area contributed by atoms with Gasteiger partial charge in [0.25, 0.3) is 0 Å². The molecule has 1 aliphatic heterocycles. The monoisotopic (exact) mass is 188 g/mol. The fraction of sp³-hybridized carbons (Fsp3) is 1.00. The third-order valence-electron chi connectivity index (χ3n) is 2.46. The van der Waals surface area contributed by atoms with Crippen LogP contribution in [0.1, 0.15) is 26.7 Å². The molecule has 12 heavy (non-hydrogen) atoms. The second kappa shape index (κ2) is 4.49. The highest BCUT2D eigenvalue weighted by Crippen LogP contribution is 2.33. The van der Waals surface area contributed by atoms with E-state index in [2.05, 4.69) is 19.2 Å². The van der Waals surface area contributed by atoms with E-state index in [1.165, 1.54) is 18.6 Å². The van der Waals surface area contributed by atoms with Crippen LogP contribution in [0.4, 0.5) is 0 Å². The van der Waals surface area contributed by atoms with Crippen LogP contribution < -0.4 is 11.1 Å². The Morgan fingerprint density at radius 2 is 2.42 bits per heavy atom. The van der Waals surface area contributed by atoms with Gasteiger partial charge in [0.15, 0.2) is 0 Å². The largest absolute Gasteiger partial charge is 0.329 e. The average Bonchev–Trinajstić information content (AvgIpc) is 2.45. The molecule has 0 radical (unpaired) electrons. The van der Waals surface area contributed by atoms with Crippen molar-refractivity contribution < 1.29 is 0 Å². The summed E-state index contributed by atoms with van der Waals surface area (Å²) in [6.07, 6.45) is 2.43. The second-order valence-corrected chi connectivity index (χ2v) is 5.16. The second-order valence-electron chi connectivity index (χ2n) is 3.74. The number of nitrogens with two attached hydrogens (primary N) is 1. The zero-order valence-corrected chi connectivity index (χ0v) is 8.91. The van der Waals surface area contributed by atoms with Gasteiger partial charge in [-0.3, -0.25) is 0 Å². The summed E-state index contributed by atoms with van der Waals surface area (Å²) in [5.41, 5.74) is 6.05. The number of thioether (sulfide) groups is 1. The normalized spacial score (nSPS) is 35.8. The third kappa shape index (κ3) is 2.38. The Morgan fingerprint density at radius 3 is 2.83 bits per heavy atom. The molecular weight excluding hydrogens is 168 g/mol. The highest BCUT2D eigenvalue weighted by Gasteiger charge is 2.35. The molecule has 1 aliphatic rings. The van der Waals surface area contributed by atoms with Crippen LogP contribution in [0.5, 0.6) is 0 Å². The first-order chi connectivity index (χ1) is 5.72. The number of hydrogen-bond acceptors (Lipinski definition) is 3. The molecule has 72 valence electrons. The fourth-order valence-corrected chi connectivity index (χ4v) is 3.08. The minimum absolute atomic E-state index is 0.250. The Balaban J connectivity index is 2.41. The van der Waals surface area contributed by atoms with E-state index in [1.807, 2.05) is 11.8 Å². The maximum Gasteiger partial charge on any atom is 0.0405 e. The molecule has 1 fully saturated rings. The van der Waals surface area contributed by atoms with Gasteiger partial charge in [0.2, 0.25) is 0 Å². The van der Waals surface area contributed by atoms with Crippen molar-refractivity contribution in [3.05, 3.63) is 0 Å². The molecule has 0 spiro atoms. The summed E-state index contributed by atoms with van der Waals surface area (Å²) in [5, 5.41) is 4.35. The van der Waals surface area contributed by atoms with E-state index in [0.717, 1.165) is 18.3 Å². The first-order valence-corrected chi connectivity index (χ1v) is 5.84. The molecular formula is C9H20N2S. The molecule has 2 unspecified atom stereocenters. The summed E-state index contributed by atoms with van der Waals surface area (Å²) in [7, 11) is 0. The topological polar surface area (TPSA) is 38.0 Å². The summed E-state index contributed by atoms with van der Waals surface area (Å²) < 4.78 is 0. The van der Waals surface area contributed by atoms with E-state index in [1.54, 1.807) is 0 Å². The number of hydrogen-bond donors (Lipinski definition) is 2. The Morgan fingerprint density at radius 1 is 1.67 bits per heavy atom. The van der Waals surface area contributed by atoms with Gasteiger partial charge in [-0.05, 0) is 19.4 Å². The molecule has 1 saturated heterocycles. The summed E-state index contributed by atoms with van der Waals surface area (Å²) in [4.78, 5) is 0. The number of nitrogens with one attached hydrogen (secondary N) is 1. The van der Waals surface area contributed by atoms with Crippen molar-refractivity contribution in [2.24, 2.45) is 5.73 Å². The maximum atomic E-state index is 5.80. The lowest BCUT2D eigenvalue weighted by Crippen LogP contribution is -2.51. The molecule has 0 saturated carbocycles. The van der Waals surface area contributed by atoms with E-state index < -0.39 is 0 Å². The van der Waals surface area contributed by atoms with E-state index in [0.29, 0.717) is 0 Å². The highest BCUT2D eigenvalue weighted by molar-refractivity contribution is 8.00. The van der Waals surface area contributed by atoms with Gasteiger partial charge in [0.1, 0.15) is 0 Å². The Labute approximate surface area is 79.7 Å². The van der Waals surface area contributed by atoms with Crippen LogP contribution in [-0.4, -0.2) is 29.6 Å². The maximum absolute atomic E-state index is 5.80. The van der Waals surface area contributed by atoms with Crippen molar-refractivity contribution in [3.63, 3.8) is 0 Å². The van der Waals surface area contributed by atoms with Crippen molar-refractivity contribution in [1.82, 2.24) is 5.32 Å². The van der Waals surface area contributed by atoms with Gasteiger partial charge in [-0.1, -0.05) is 13.8 Å². The van der Waals surface area contributed by atoms with Crippen molar-refractivity contribution in [3.8, 4) is 0 Å². The predicted octanol–water partition coefficient (Wildman–Crippen LogP) is 1.21. The molecule has 3 heteroatoms. The first-order valence-electron chi connectivity index (χ1n) is 4.79. The molecule has 0 aromatic rings. The van der Waals surface area contributed by atoms with E-state index >= 15 is 0 Å². The molecule has 0 aromatic heterocycles. The van der Waals surface area contributed by atoms with Gasteiger partial charge in [-0.15, -0.1) is 0 Å². The summed E-state index contributed by atoms with van der Waals surface area (Å²) in [5.74, 6) is 1.19. The van der Waals surface area contributed by atoms with E-state index in [4.69, 9.17) is 5.73 Å². The van der Waals surface area contributed by atoms with Gasteiger partial charge in [-0.2, -0.15) is 11.8 Å². The van der Waals surface area contributed by atoms with Crippen LogP contribution in [0, 0.1) is 0 Å². The zero-order valence-electron chi connectivity index (χ0n) is 8.10. The minimum atomic E-state index is 0.250. The summed E-state index contributed by atoms with van der Waals surface area (Å²) in [6.45, 7) is 6.37. The van der Waals surface area contributed by atoms with Crippen LogP contribution in [-0.2, 0) is 0 Å². The molecule has 2 nitrogen and oxygen atoms in total. The van der Waals surface area contributed by atoms with Gasteiger partial charge < -0.3 is 11.1 Å². The van der Waals surface area contributed by atoms with Crippen LogP contribution in [0.2, 0.25) is 0 Å². The molecule has 0 aromatic carbocycles. The lowest BCUT2D eigenvalue weighted by atomic mass is 9.96. The molecule has 1 rings (SSSR count).